The Balaban J connectivity index is 1.82. The van der Waals surface area contributed by atoms with Crippen molar-refractivity contribution in [1.82, 2.24) is 5.32 Å². The van der Waals surface area contributed by atoms with Crippen LogP contribution in [0.15, 0.2) is 18.2 Å². The number of hydrogen-bond acceptors (Lipinski definition) is 3. The highest BCUT2D eigenvalue weighted by Gasteiger charge is 2.23. The number of benzene rings is 1. The van der Waals surface area contributed by atoms with Crippen LogP contribution in [0.1, 0.15) is 54.1 Å². The molecule has 0 unspecified atom stereocenters. The first-order chi connectivity index (χ1) is 10.5. The van der Waals surface area contributed by atoms with Crippen molar-refractivity contribution < 1.29 is 14.3 Å². The first-order valence-electron chi connectivity index (χ1n) is 8.01. The largest absolute Gasteiger partial charge is 0.452 e. The molecule has 2 atom stereocenters. The topological polar surface area (TPSA) is 55.4 Å². The third-order valence-corrected chi connectivity index (χ3v) is 4.53. The summed E-state index contributed by atoms with van der Waals surface area (Å²) in [6.45, 7) is 5.88. The Labute approximate surface area is 132 Å². The van der Waals surface area contributed by atoms with Crippen molar-refractivity contribution in [1.29, 1.82) is 0 Å². The molecule has 0 heterocycles. The van der Waals surface area contributed by atoms with Gasteiger partial charge in [0.15, 0.2) is 6.61 Å². The molecule has 1 aliphatic rings. The lowest BCUT2D eigenvalue weighted by molar-refractivity contribution is -0.125. The second-order valence-corrected chi connectivity index (χ2v) is 6.31. The molecule has 1 aromatic rings. The highest BCUT2D eigenvalue weighted by atomic mass is 16.5. The fourth-order valence-corrected chi connectivity index (χ4v) is 2.86. The minimum Gasteiger partial charge on any atom is -0.452 e. The molecule has 0 aliphatic heterocycles. The van der Waals surface area contributed by atoms with Gasteiger partial charge in [0.1, 0.15) is 0 Å². The Bertz CT molecular complexity index is 553. The van der Waals surface area contributed by atoms with Gasteiger partial charge in [-0.25, -0.2) is 4.79 Å². The summed E-state index contributed by atoms with van der Waals surface area (Å²) in [4.78, 5) is 23.9. The van der Waals surface area contributed by atoms with Crippen molar-refractivity contribution >= 4 is 11.9 Å². The van der Waals surface area contributed by atoms with E-state index in [2.05, 4.69) is 12.2 Å². The number of nitrogens with one attached hydrogen (secondary N) is 1. The van der Waals surface area contributed by atoms with Gasteiger partial charge in [0.25, 0.3) is 5.91 Å². The monoisotopic (exact) mass is 303 g/mol. The van der Waals surface area contributed by atoms with Gasteiger partial charge in [-0.1, -0.05) is 25.8 Å². The average molecular weight is 303 g/mol. The SMILES string of the molecule is Cc1ccc(C(=O)OCC(=O)N[C@H]2CCCC[C@@H]2C)cc1C. The van der Waals surface area contributed by atoms with Crippen LogP contribution in [0.2, 0.25) is 0 Å². The van der Waals surface area contributed by atoms with Crippen LogP contribution in [0.3, 0.4) is 0 Å². The maximum Gasteiger partial charge on any atom is 0.338 e. The maximum atomic E-state index is 12.0. The highest BCUT2D eigenvalue weighted by Crippen LogP contribution is 2.23. The van der Waals surface area contributed by atoms with Crippen LogP contribution in [0.4, 0.5) is 0 Å². The van der Waals surface area contributed by atoms with Crippen molar-refractivity contribution in [3.63, 3.8) is 0 Å². The van der Waals surface area contributed by atoms with Crippen LogP contribution in [0.5, 0.6) is 0 Å². The van der Waals surface area contributed by atoms with E-state index in [4.69, 9.17) is 4.74 Å². The Morgan fingerprint density at radius 2 is 1.91 bits per heavy atom. The van der Waals surface area contributed by atoms with E-state index in [1.165, 1.54) is 6.42 Å². The summed E-state index contributed by atoms with van der Waals surface area (Å²) in [6.07, 6.45) is 4.54. The fraction of sp³-hybridized carbons (Fsp3) is 0.556. The first kappa shape index (κ1) is 16.5. The predicted octanol–water partition coefficient (Wildman–Crippen LogP) is 3.16. The van der Waals surface area contributed by atoms with Gasteiger partial charge in [0.05, 0.1) is 5.56 Å². The van der Waals surface area contributed by atoms with Gasteiger partial charge in [-0.05, 0) is 55.9 Å². The van der Waals surface area contributed by atoms with Gasteiger partial charge < -0.3 is 10.1 Å². The summed E-state index contributed by atoms with van der Waals surface area (Å²) in [5.41, 5.74) is 2.65. The maximum absolute atomic E-state index is 12.0. The molecule has 1 amide bonds. The number of hydrogen-bond donors (Lipinski definition) is 1. The zero-order valence-electron chi connectivity index (χ0n) is 13.6. The van der Waals surface area contributed by atoms with E-state index in [0.717, 1.165) is 30.4 Å². The zero-order valence-corrected chi connectivity index (χ0v) is 13.6. The Morgan fingerprint density at radius 3 is 2.59 bits per heavy atom. The van der Waals surface area contributed by atoms with Crippen molar-refractivity contribution in [3.05, 3.63) is 34.9 Å². The highest BCUT2D eigenvalue weighted by molar-refractivity contribution is 5.91. The Kier molecular flexibility index (Phi) is 5.58. The summed E-state index contributed by atoms with van der Waals surface area (Å²) >= 11 is 0. The number of rotatable bonds is 4. The molecule has 0 aromatic heterocycles. The van der Waals surface area contributed by atoms with Crippen LogP contribution in [-0.2, 0) is 9.53 Å². The molecule has 4 heteroatoms. The molecule has 2 rings (SSSR count). The van der Waals surface area contributed by atoms with Crippen LogP contribution in [-0.4, -0.2) is 24.5 Å². The third kappa shape index (κ3) is 4.33. The van der Waals surface area contributed by atoms with Gasteiger partial charge >= 0.3 is 5.97 Å². The smallest absolute Gasteiger partial charge is 0.338 e. The minimum absolute atomic E-state index is 0.210. The number of ether oxygens (including phenoxy) is 1. The van der Waals surface area contributed by atoms with Gasteiger partial charge in [-0.3, -0.25) is 4.79 Å². The molecule has 120 valence electrons. The van der Waals surface area contributed by atoms with Gasteiger partial charge in [-0.15, -0.1) is 0 Å². The van der Waals surface area contributed by atoms with Gasteiger partial charge in [0, 0.05) is 6.04 Å². The number of carbonyl (C=O) groups is 2. The molecule has 1 N–H and O–H groups in total. The van der Waals surface area contributed by atoms with Crippen LogP contribution < -0.4 is 5.32 Å². The van der Waals surface area contributed by atoms with Crippen molar-refractivity contribution in [2.75, 3.05) is 6.61 Å². The molecular weight excluding hydrogens is 278 g/mol. The standard InChI is InChI=1S/C18H25NO3/c1-12-8-9-15(10-14(12)3)18(21)22-11-17(20)19-16-7-5-4-6-13(16)2/h8-10,13,16H,4-7,11H2,1-3H3,(H,19,20)/t13-,16-/m0/s1. The molecule has 1 fully saturated rings. The summed E-state index contributed by atoms with van der Waals surface area (Å²) in [5.74, 6) is -0.168. The van der Waals surface area contributed by atoms with Crippen LogP contribution >= 0.6 is 0 Å². The first-order valence-corrected chi connectivity index (χ1v) is 8.01. The average Bonchev–Trinajstić information content (AvgIpc) is 2.50. The van der Waals surface area contributed by atoms with Crippen molar-refractivity contribution in [2.24, 2.45) is 5.92 Å². The lowest BCUT2D eigenvalue weighted by atomic mass is 9.86. The molecular formula is C18H25NO3. The second-order valence-electron chi connectivity index (χ2n) is 6.31. The van der Waals surface area contributed by atoms with E-state index >= 15 is 0 Å². The summed E-state index contributed by atoms with van der Waals surface area (Å²) in [6, 6.07) is 5.61. The number of amides is 1. The number of aryl methyl sites for hydroxylation is 2. The predicted molar refractivity (Wildman–Crippen MR) is 85.8 cm³/mol. The van der Waals surface area contributed by atoms with Crippen molar-refractivity contribution in [2.45, 2.75) is 52.5 Å². The molecule has 22 heavy (non-hydrogen) atoms. The third-order valence-electron chi connectivity index (χ3n) is 4.53. The quantitative estimate of drug-likeness (QED) is 0.869. The lowest BCUT2D eigenvalue weighted by Gasteiger charge is -2.29. The van der Waals surface area contributed by atoms with E-state index in [0.29, 0.717) is 11.5 Å². The van der Waals surface area contributed by atoms with Gasteiger partial charge in [0.2, 0.25) is 0 Å². The van der Waals surface area contributed by atoms with E-state index in [9.17, 15) is 9.59 Å². The zero-order chi connectivity index (χ0) is 16.1. The fourth-order valence-electron chi connectivity index (χ4n) is 2.86. The molecule has 4 nitrogen and oxygen atoms in total. The summed E-state index contributed by atoms with van der Waals surface area (Å²) < 4.78 is 5.11. The molecule has 0 radical (unpaired) electrons. The minimum atomic E-state index is -0.449. The van der Waals surface area contributed by atoms with Crippen molar-refractivity contribution in [3.8, 4) is 0 Å². The molecule has 1 aliphatic carbocycles. The summed E-state index contributed by atoms with van der Waals surface area (Å²) in [5, 5.41) is 2.98. The molecule has 1 saturated carbocycles. The van der Waals surface area contributed by atoms with E-state index in [1.807, 2.05) is 19.9 Å². The number of esters is 1. The van der Waals surface area contributed by atoms with E-state index in [-0.39, 0.29) is 18.6 Å². The van der Waals surface area contributed by atoms with Crippen LogP contribution in [0, 0.1) is 19.8 Å². The Hall–Kier alpha value is -1.84. The second kappa shape index (κ2) is 7.43. The summed E-state index contributed by atoms with van der Waals surface area (Å²) in [7, 11) is 0. The van der Waals surface area contributed by atoms with Crippen LogP contribution in [0.25, 0.3) is 0 Å². The number of carbonyl (C=O) groups excluding carboxylic acids is 2. The molecule has 1 aromatic carbocycles. The Morgan fingerprint density at radius 1 is 1.18 bits per heavy atom. The molecule has 0 saturated heterocycles. The van der Waals surface area contributed by atoms with E-state index in [1.54, 1.807) is 12.1 Å². The van der Waals surface area contributed by atoms with Gasteiger partial charge in [-0.2, -0.15) is 0 Å². The lowest BCUT2D eigenvalue weighted by Crippen LogP contribution is -2.42. The molecule has 0 spiro atoms. The normalized spacial score (nSPS) is 21.2. The molecule has 0 bridgehead atoms. The van der Waals surface area contributed by atoms with E-state index < -0.39 is 5.97 Å².